The molecule has 5 rings (SSSR count). The SMILES string of the molecule is CC(C)(C)OC(=O)N1CCC(c2cc3c(-c4nc(NCc5cc(F)ccc5F)ccc4Cl)ccnc3[nH]2)CC1. The van der Waals surface area contributed by atoms with Gasteiger partial charge in [-0.2, -0.15) is 0 Å². The zero-order chi connectivity index (χ0) is 27.7. The number of ether oxygens (including phenoxy) is 1. The Morgan fingerprint density at radius 3 is 2.67 bits per heavy atom. The van der Waals surface area contributed by atoms with Gasteiger partial charge in [-0.3, -0.25) is 0 Å². The van der Waals surface area contributed by atoms with Crippen LogP contribution in [0, 0.1) is 11.6 Å². The monoisotopic (exact) mass is 553 g/mol. The number of piperidine rings is 1. The lowest BCUT2D eigenvalue weighted by molar-refractivity contribution is 0.0204. The van der Waals surface area contributed by atoms with Crippen LogP contribution in [0.25, 0.3) is 22.3 Å². The van der Waals surface area contributed by atoms with Crippen LogP contribution in [0.5, 0.6) is 0 Å². The van der Waals surface area contributed by atoms with Crippen molar-refractivity contribution in [3.8, 4) is 11.3 Å². The normalized spacial score (nSPS) is 14.6. The number of nitrogens with zero attached hydrogens (tertiary/aromatic N) is 3. The average Bonchev–Trinajstić information content (AvgIpc) is 3.34. The Morgan fingerprint density at radius 1 is 1.15 bits per heavy atom. The molecule has 0 radical (unpaired) electrons. The quantitative estimate of drug-likeness (QED) is 0.271. The third kappa shape index (κ3) is 6.14. The summed E-state index contributed by atoms with van der Waals surface area (Å²) >= 11 is 6.56. The van der Waals surface area contributed by atoms with E-state index in [1.807, 2.05) is 26.8 Å². The van der Waals surface area contributed by atoms with Crippen LogP contribution in [-0.4, -0.2) is 44.6 Å². The number of pyridine rings is 2. The van der Waals surface area contributed by atoms with E-state index in [1.54, 1.807) is 23.2 Å². The maximum Gasteiger partial charge on any atom is 0.410 e. The maximum absolute atomic E-state index is 14.1. The van der Waals surface area contributed by atoms with E-state index in [9.17, 15) is 13.6 Å². The molecule has 1 aromatic carbocycles. The minimum atomic E-state index is -0.523. The van der Waals surface area contributed by atoms with Crippen LogP contribution < -0.4 is 5.32 Å². The molecular formula is C29H30ClF2N5O2. The lowest BCUT2D eigenvalue weighted by Crippen LogP contribution is -2.41. The predicted molar refractivity (Wildman–Crippen MR) is 148 cm³/mol. The van der Waals surface area contributed by atoms with E-state index in [0.717, 1.165) is 53.3 Å². The van der Waals surface area contributed by atoms with E-state index in [-0.39, 0.29) is 24.1 Å². The molecule has 7 nitrogen and oxygen atoms in total. The highest BCUT2D eigenvalue weighted by molar-refractivity contribution is 6.33. The molecule has 1 aliphatic rings. The number of rotatable bonds is 5. The molecule has 0 unspecified atom stereocenters. The average molecular weight is 554 g/mol. The fraction of sp³-hybridized carbons (Fsp3) is 0.345. The molecule has 1 saturated heterocycles. The molecule has 1 fully saturated rings. The van der Waals surface area contributed by atoms with E-state index in [1.165, 1.54) is 0 Å². The molecule has 3 aromatic heterocycles. The molecule has 1 aliphatic heterocycles. The fourth-order valence-corrected chi connectivity index (χ4v) is 4.97. The van der Waals surface area contributed by atoms with E-state index < -0.39 is 17.2 Å². The number of anilines is 1. The first-order chi connectivity index (χ1) is 18.6. The van der Waals surface area contributed by atoms with Gasteiger partial charge in [0, 0.05) is 54.0 Å². The van der Waals surface area contributed by atoms with E-state index in [0.29, 0.717) is 29.6 Å². The highest BCUT2D eigenvalue weighted by Gasteiger charge is 2.28. The molecule has 204 valence electrons. The van der Waals surface area contributed by atoms with Crippen LogP contribution in [0.2, 0.25) is 5.02 Å². The molecule has 39 heavy (non-hydrogen) atoms. The lowest BCUT2D eigenvalue weighted by atomic mass is 9.93. The topological polar surface area (TPSA) is 83.1 Å². The smallest absolute Gasteiger partial charge is 0.410 e. The van der Waals surface area contributed by atoms with Crippen LogP contribution in [-0.2, 0) is 11.3 Å². The number of amides is 1. The van der Waals surface area contributed by atoms with Crippen LogP contribution in [0.4, 0.5) is 19.4 Å². The number of aromatic nitrogens is 3. The predicted octanol–water partition coefficient (Wildman–Crippen LogP) is 7.28. The Morgan fingerprint density at radius 2 is 1.92 bits per heavy atom. The van der Waals surface area contributed by atoms with Gasteiger partial charge in [0.1, 0.15) is 28.7 Å². The van der Waals surface area contributed by atoms with Crippen molar-refractivity contribution in [2.45, 2.75) is 51.7 Å². The third-order valence-electron chi connectivity index (χ3n) is 6.71. The Bertz CT molecular complexity index is 1510. The number of H-pyrrole nitrogens is 1. The Hall–Kier alpha value is -3.72. The molecular weight excluding hydrogens is 524 g/mol. The second-order valence-electron chi connectivity index (χ2n) is 10.7. The number of hydrogen-bond donors (Lipinski definition) is 2. The molecule has 10 heteroatoms. The van der Waals surface area contributed by atoms with Gasteiger partial charge in [-0.15, -0.1) is 0 Å². The number of aromatic amines is 1. The van der Waals surface area contributed by atoms with Crippen LogP contribution in [0.15, 0.2) is 48.7 Å². The van der Waals surface area contributed by atoms with Crippen molar-refractivity contribution in [2.75, 3.05) is 18.4 Å². The summed E-state index contributed by atoms with van der Waals surface area (Å²) in [4.78, 5) is 26.8. The van der Waals surface area contributed by atoms with Crippen molar-refractivity contribution >= 4 is 34.5 Å². The summed E-state index contributed by atoms with van der Waals surface area (Å²) in [6.07, 6.45) is 3.02. The first-order valence-corrected chi connectivity index (χ1v) is 13.3. The zero-order valence-electron chi connectivity index (χ0n) is 22.0. The Kier molecular flexibility index (Phi) is 7.44. The van der Waals surface area contributed by atoms with Crippen LogP contribution in [0.3, 0.4) is 0 Å². The van der Waals surface area contributed by atoms with Crippen molar-refractivity contribution in [3.63, 3.8) is 0 Å². The molecule has 4 aromatic rings. The summed E-state index contributed by atoms with van der Waals surface area (Å²) in [5, 5.41) is 4.39. The minimum Gasteiger partial charge on any atom is -0.444 e. The van der Waals surface area contributed by atoms with E-state index in [2.05, 4.69) is 26.3 Å². The molecule has 0 aliphatic carbocycles. The number of likely N-dealkylation sites (tertiary alicyclic amines) is 1. The fourth-order valence-electron chi connectivity index (χ4n) is 4.77. The Balaban J connectivity index is 1.35. The van der Waals surface area contributed by atoms with Crippen molar-refractivity contribution in [1.82, 2.24) is 19.9 Å². The number of carbonyl (C=O) groups is 1. The first-order valence-electron chi connectivity index (χ1n) is 12.9. The zero-order valence-corrected chi connectivity index (χ0v) is 22.8. The molecule has 1 amide bonds. The number of fused-ring (bicyclic) bond motifs is 1. The van der Waals surface area contributed by atoms with Gasteiger partial charge in [-0.05, 0) is 76.1 Å². The standard InChI is InChI=1S/C29H30ClF2N5O2/c1-29(2,3)39-28(38)37-12-9-17(10-13-37)24-15-21-20(8-11-33-27(21)35-24)26-22(30)5-7-25(36-26)34-16-18-14-19(31)4-6-23(18)32/h4-8,11,14-15,17H,9-10,12-13,16H2,1-3H3,(H,33,35)(H,34,36). The Labute approximate surface area is 230 Å². The molecule has 0 bridgehead atoms. The largest absolute Gasteiger partial charge is 0.444 e. The molecule has 2 N–H and O–H groups in total. The van der Waals surface area contributed by atoms with Gasteiger partial charge in [0.2, 0.25) is 0 Å². The number of halogens is 3. The number of hydrogen-bond acceptors (Lipinski definition) is 5. The summed E-state index contributed by atoms with van der Waals surface area (Å²) in [6.45, 7) is 6.89. The van der Waals surface area contributed by atoms with Gasteiger partial charge in [-0.1, -0.05) is 11.6 Å². The van der Waals surface area contributed by atoms with Gasteiger partial charge in [0.05, 0.1) is 10.7 Å². The van der Waals surface area contributed by atoms with Gasteiger partial charge < -0.3 is 19.9 Å². The summed E-state index contributed by atoms with van der Waals surface area (Å²) in [7, 11) is 0. The molecule has 0 saturated carbocycles. The van der Waals surface area contributed by atoms with E-state index >= 15 is 0 Å². The number of carbonyl (C=O) groups excluding carboxylic acids is 1. The first kappa shape index (κ1) is 26.9. The van der Waals surface area contributed by atoms with Crippen molar-refractivity contribution in [3.05, 3.63) is 76.6 Å². The lowest BCUT2D eigenvalue weighted by Gasteiger charge is -2.33. The number of nitrogens with one attached hydrogen (secondary N) is 2. The maximum atomic E-state index is 14.1. The van der Waals surface area contributed by atoms with Gasteiger partial charge in [0.15, 0.2) is 0 Å². The van der Waals surface area contributed by atoms with E-state index in [4.69, 9.17) is 16.3 Å². The second kappa shape index (κ2) is 10.8. The summed E-state index contributed by atoms with van der Waals surface area (Å²) in [5.74, 6) is -0.279. The molecule has 0 atom stereocenters. The second-order valence-corrected chi connectivity index (χ2v) is 11.1. The van der Waals surface area contributed by atoms with Crippen LogP contribution in [0.1, 0.15) is 50.8 Å². The van der Waals surface area contributed by atoms with Crippen LogP contribution >= 0.6 is 11.6 Å². The number of benzene rings is 1. The van der Waals surface area contributed by atoms with Gasteiger partial charge >= 0.3 is 6.09 Å². The molecule has 4 heterocycles. The third-order valence-corrected chi connectivity index (χ3v) is 7.01. The highest BCUT2D eigenvalue weighted by atomic mass is 35.5. The summed E-state index contributed by atoms with van der Waals surface area (Å²) < 4.78 is 33.1. The van der Waals surface area contributed by atoms with Gasteiger partial charge in [0.25, 0.3) is 0 Å². The highest BCUT2D eigenvalue weighted by Crippen LogP contribution is 2.36. The summed E-state index contributed by atoms with van der Waals surface area (Å²) in [5.41, 5.74) is 2.80. The van der Waals surface area contributed by atoms with Crippen molar-refractivity contribution < 1.29 is 18.3 Å². The van der Waals surface area contributed by atoms with Gasteiger partial charge in [-0.25, -0.2) is 23.5 Å². The minimum absolute atomic E-state index is 0.0692. The van der Waals surface area contributed by atoms with Crippen molar-refractivity contribution in [2.24, 2.45) is 0 Å². The molecule has 0 spiro atoms. The summed E-state index contributed by atoms with van der Waals surface area (Å²) in [6, 6.07) is 10.7. The van der Waals surface area contributed by atoms with Crippen molar-refractivity contribution in [1.29, 1.82) is 0 Å².